The summed E-state index contributed by atoms with van der Waals surface area (Å²) in [6.07, 6.45) is -5.05. The van der Waals surface area contributed by atoms with Crippen LogP contribution >= 0.6 is 0 Å². The van der Waals surface area contributed by atoms with E-state index in [-0.39, 0.29) is 16.5 Å². The summed E-state index contributed by atoms with van der Waals surface area (Å²) in [7, 11) is 0. The average Bonchev–Trinajstić information content (AvgIpc) is 2.65. The summed E-state index contributed by atoms with van der Waals surface area (Å²) in [6.45, 7) is 1.58. The molecule has 0 amide bonds. The van der Waals surface area contributed by atoms with E-state index < -0.39 is 24.1 Å². The van der Waals surface area contributed by atoms with Crippen LogP contribution in [0.5, 0.6) is 0 Å². The molecule has 0 spiro atoms. The topological polar surface area (TPSA) is 39.6 Å². The van der Waals surface area contributed by atoms with E-state index in [1.165, 1.54) is 6.07 Å². The van der Waals surface area contributed by atoms with Crippen LogP contribution in [-0.2, 0) is 12.6 Å². The van der Waals surface area contributed by atoms with Crippen LogP contribution in [0.15, 0.2) is 12.1 Å². The predicted octanol–water partition coefficient (Wildman–Crippen LogP) is 3.70. The Morgan fingerprint density at radius 3 is 2.56 bits per heavy atom. The van der Waals surface area contributed by atoms with Gasteiger partial charge in [0.2, 0.25) is 0 Å². The summed E-state index contributed by atoms with van der Waals surface area (Å²) in [5.41, 5.74) is -0.944. The first-order chi connectivity index (χ1) is 8.36. The molecule has 0 aliphatic carbocycles. The van der Waals surface area contributed by atoms with E-state index in [0.29, 0.717) is 5.56 Å². The van der Waals surface area contributed by atoms with E-state index in [2.05, 4.69) is 0 Å². The maximum absolute atomic E-state index is 13.5. The molecule has 18 heavy (non-hydrogen) atoms. The van der Waals surface area contributed by atoms with Gasteiger partial charge in [-0.25, -0.2) is 4.39 Å². The van der Waals surface area contributed by atoms with Crippen molar-refractivity contribution in [1.82, 2.24) is 4.98 Å². The summed E-state index contributed by atoms with van der Waals surface area (Å²) in [5, 5.41) is 8.77. The zero-order valence-electron chi connectivity index (χ0n) is 9.32. The van der Waals surface area contributed by atoms with Gasteiger partial charge in [-0.15, -0.1) is 0 Å². The molecule has 1 heterocycles. The molecular formula is C12H8F4N2. The molecule has 1 aromatic carbocycles. The number of nitriles is 1. The first-order valence-electron chi connectivity index (χ1n) is 5.10. The minimum Gasteiger partial charge on any atom is -0.348 e. The maximum Gasteiger partial charge on any atom is 0.431 e. The number of fused-ring (bicyclic) bond motifs is 1. The fourth-order valence-corrected chi connectivity index (χ4v) is 2.02. The molecule has 2 aromatic rings. The van der Waals surface area contributed by atoms with Gasteiger partial charge in [-0.2, -0.15) is 18.4 Å². The normalized spacial score (nSPS) is 11.8. The Labute approximate surface area is 99.8 Å². The van der Waals surface area contributed by atoms with Crippen molar-refractivity contribution < 1.29 is 17.6 Å². The monoisotopic (exact) mass is 256 g/mol. The molecule has 0 fully saturated rings. The van der Waals surface area contributed by atoms with Crippen LogP contribution in [0.2, 0.25) is 0 Å². The van der Waals surface area contributed by atoms with E-state index in [1.807, 2.05) is 4.98 Å². The first-order valence-corrected chi connectivity index (χ1v) is 5.10. The Hall–Kier alpha value is -2.03. The Kier molecular flexibility index (Phi) is 2.77. The SMILES string of the molecule is Cc1ccc(F)c2[nH]c(C(F)(F)F)c(CC#N)c12. The molecular weight excluding hydrogens is 248 g/mol. The Bertz CT molecular complexity index is 647. The zero-order valence-corrected chi connectivity index (χ0v) is 9.32. The third-order valence-corrected chi connectivity index (χ3v) is 2.76. The Balaban J connectivity index is 2.89. The van der Waals surface area contributed by atoms with E-state index in [0.717, 1.165) is 6.07 Å². The lowest BCUT2D eigenvalue weighted by Crippen LogP contribution is -2.08. The summed E-state index contributed by atoms with van der Waals surface area (Å²) >= 11 is 0. The first kappa shape index (κ1) is 12.4. The summed E-state index contributed by atoms with van der Waals surface area (Å²) in [4.78, 5) is 2.05. The second-order valence-corrected chi connectivity index (χ2v) is 3.93. The number of aromatic nitrogens is 1. The smallest absolute Gasteiger partial charge is 0.348 e. The van der Waals surface area contributed by atoms with Crippen LogP contribution in [-0.4, -0.2) is 4.98 Å². The quantitative estimate of drug-likeness (QED) is 0.776. The van der Waals surface area contributed by atoms with Crippen molar-refractivity contribution in [3.8, 4) is 6.07 Å². The van der Waals surface area contributed by atoms with Crippen LogP contribution in [0.4, 0.5) is 17.6 Å². The number of aromatic amines is 1. The van der Waals surface area contributed by atoms with Crippen LogP contribution in [0.25, 0.3) is 10.9 Å². The van der Waals surface area contributed by atoms with Crippen LogP contribution < -0.4 is 0 Å². The van der Waals surface area contributed by atoms with Gasteiger partial charge in [0.25, 0.3) is 0 Å². The van der Waals surface area contributed by atoms with E-state index in [1.54, 1.807) is 13.0 Å². The molecule has 1 N–H and O–H groups in total. The molecule has 1 aromatic heterocycles. The van der Waals surface area contributed by atoms with Gasteiger partial charge in [0.05, 0.1) is 18.0 Å². The largest absolute Gasteiger partial charge is 0.431 e. The molecule has 0 atom stereocenters. The minimum absolute atomic E-state index is 0.142. The lowest BCUT2D eigenvalue weighted by Gasteiger charge is -2.05. The number of nitrogens with one attached hydrogen (secondary N) is 1. The Morgan fingerprint density at radius 2 is 2.00 bits per heavy atom. The van der Waals surface area contributed by atoms with Crippen molar-refractivity contribution in [2.75, 3.05) is 0 Å². The highest BCUT2D eigenvalue weighted by molar-refractivity contribution is 5.88. The molecule has 2 rings (SSSR count). The Morgan fingerprint density at radius 1 is 1.33 bits per heavy atom. The van der Waals surface area contributed by atoms with Gasteiger partial charge in [-0.3, -0.25) is 0 Å². The number of nitrogens with zero attached hydrogens (tertiary/aromatic N) is 1. The molecule has 0 radical (unpaired) electrons. The van der Waals surface area contributed by atoms with E-state index in [9.17, 15) is 17.6 Å². The van der Waals surface area contributed by atoms with Crippen molar-refractivity contribution in [2.24, 2.45) is 0 Å². The zero-order chi connectivity index (χ0) is 13.5. The maximum atomic E-state index is 13.5. The van der Waals surface area contributed by atoms with Crippen molar-refractivity contribution in [3.63, 3.8) is 0 Å². The van der Waals surface area contributed by atoms with Crippen LogP contribution in [0.1, 0.15) is 16.8 Å². The molecule has 0 aliphatic rings. The van der Waals surface area contributed by atoms with Gasteiger partial charge in [0.1, 0.15) is 11.5 Å². The second kappa shape index (κ2) is 4.02. The van der Waals surface area contributed by atoms with Gasteiger partial charge in [0, 0.05) is 10.9 Å². The number of hydrogen-bond acceptors (Lipinski definition) is 1. The summed E-state index contributed by atoms with van der Waals surface area (Å²) in [5.74, 6) is -0.759. The van der Waals surface area contributed by atoms with Crippen LogP contribution in [0, 0.1) is 24.1 Å². The molecule has 0 saturated carbocycles. The van der Waals surface area contributed by atoms with Crippen molar-refractivity contribution >= 4 is 10.9 Å². The highest BCUT2D eigenvalue weighted by Crippen LogP contribution is 2.37. The number of H-pyrrole nitrogens is 1. The molecule has 0 aliphatic heterocycles. The molecule has 0 bridgehead atoms. The molecule has 94 valence electrons. The highest BCUT2D eigenvalue weighted by atomic mass is 19.4. The van der Waals surface area contributed by atoms with Gasteiger partial charge in [-0.05, 0) is 18.6 Å². The van der Waals surface area contributed by atoms with Crippen molar-refractivity contribution in [1.29, 1.82) is 5.26 Å². The highest BCUT2D eigenvalue weighted by Gasteiger charge is 2.37. The van der Waals surface area contributed by atoms with E-state index in [4.69, 9.17) is 5.26 Å². The minimum atomic E-state index is -4.63. The summed E-state index contributed by atoms with van der Waals surface area (Å²) < 4.78 is 51.9. The third kappa shape index (κ3) is 1.82. The lowest BCUT2D eigenvalue weighted by molar-refractivity contribution is -0.141. The van der Waals surface area contributed by atoms with Gasteiger partial charge >= 0.3 is 6.18 Å². The summed E-state index contributed by atoms with van der Waals surface area (Å²) in [6, 6.07) is 4.18. The standard InChI is InChI=1S/C12H8F4N2/c1-6-2-3-8(13)10-9(6)7(4-5-17)11(18-10)12(14,15)16/h2-3,18H,4H2,1H3. The number of hydrogen-bond donors (Lipinski definition) is 1. The molecule has 6 heteroatoms. The molecule has 2 nitrogen and oxygen atoms in total. The second-order valence-electron chi connectivity index (χ2n) is 3.93. The van der Waals surface area contributed by atoms with Gasteiger partial charge < -0.3 is 4.98 Å². The number of halogens is 4. The fourth-order valence-electron chi connectivity index (χ4n) is 2.02. The number of aryl methyl sites for hydroxylation is 1. The number of rotatable bonds is 1. The lowest BCUT2D eigenvalue weighted by atomic mass is 10.0. The predicted molar refractivity (Wildman–Crippen MR) is 57.3 cm³/mol. The van der Waals surface area contributed by atoms with Crippen molar-refractivity contribution in [3.05, 3.63) is 34.8 Å². The number of benzene rings is 1. The molecule has 0 saturated heterocycles. The van der Waals surface area contributed by atoms with Gasteiger partial charge in [0.15, 0.2) is 0 Å². The third-order valence-electron chi connectivity index (χ3n) is 2.76. The van der Waals surface area contributed by atoms with Gasteiger partial charge in [-0.1, -0.05) is 6.07 Å². The fraction of sp³-hybridized carbons (Fsp3) is 0.250. The van der Waals surface area contributed by atoms with E-state index >= 15 is 0 Å². The van der Waals surface area contributed by atoms with Crippen LogP contribution in [0.3, 0.4) is 0 Å². The average molecular weight is 256 g/mol. The molecule has 0 unspecified atom stereocenters. The van der Waals surface area contributed by atoms with Crippen molar-refractivity contribution in [2.45, 2.75) is 19.5 Å². The number of alkyl halides is 3.